The molecule has 1 unspecified atom stereocenters. The molecular formula is C14H18ClNO2S. The van der Waals surface area contributed by atoms with E-state index in [0.29, 0.717) is 23.2 Å². The molecule has 1 saturated carbocycles. The van der Waals surface area contributed by atoms with Gasteiger partial charge in [0, 0.05) is 18.5 Å². The number of thioether (sulfide) groups is 1. The summed E-state index contributed by atoms with van der Waals surface area (Å²) < 4.78 is 0. The largest absolute Gasteiger partial charge is 0.391 e. The molecule has 1 atom stereocenters. The third kappa shape index (κ3) is 4.41. The Morgan fingerprint density at radius 3 is 2.84 bits per heavy atom. The third-order valence-electron chi connectivity index (χ3n) is 3.24. The molecular weight excluding hydrogens is 282 g/mol. The molecule has 19 heavy (non-hydrogen) atoms. The van der Waals surface area contributed by atoms with Crippen molar-refractivity contribution in [2.24, 2.45) is 5.92 Å². The molecule has 1 aliphatic rings. The van der Waals surface area contributed by atoms with Crippen LogP contribution >= 0.6 is 23.4 Å². The Kier molecular flexibility index (Phi) is 5.13. The van der Waals surface area contributed by atoms with E-state index < -0.39 is 0 Å². The molecule has 0 aromatic heterocycles. The fraction of sp³-hybridized carbons (Fsp3) is 0.500. The summed E-state index contributed by atoms with van der Waals surface area (Å²) >= 11 is 7.47. The molecule has 0 heterocycles. The van der Waals surface area contributed by atoms with Gasteiger partial charge in [-0.1, -0.05) is 23.7 Å². The molecule has 0 spiro atoms. The minimum absolute atomic E-state index is 0.0182. The number of rotatable bonds is 6. The number of amides is 1. The highest BCUT2D eigenvalue weighted by Crippen LogP contribution is 2.33. The zero-order valence-corrected chi connectivity index (χ0v) is 12.5. The second kappa shape index (κ2) is 6.64. The van der Waals surface area contributed by atoms with Crippen LogP contribution in [0.2, 0.25) is 5.02 Å². The van der Waals surface area contributed by atoms with Gasteiger partial charge in [-0.2, -0.15) is 0 Å². The van der Waals surface area contributed by atoms with Crippen molar-refractivity contribution in [1.29, 1.82) is 0 Å². The highest BCUT2D eigenvalue weighted by molar-refractivity contribution is 8.00. The van der Waals surface area contributed by atoms with Crippen LogP contribution in [-0.4, -0.2) is 41.4 Å². The zero-order chi connectivity index (χ0) is 13.8. The summed E-state index contributed by atoms with van der Waals surface area (Å²) in [6.07, 6.45) is 1.79. The van der Waals surface area contributed by atoms with E-state index in [1.165, 1.54) is 11.8 Å². The Labute approximate surface area is 122 Å². The Hall–Kier alpha value is -0.710. The van der Waals surface area contributed by atoms with Crippen molar-refractivity contribution in [3.63, 3.8) is 0 Å². The third-order valence-corrected chi connectivity index (χ3v) is 4.74. The van der Waals surface area contributed by atoms with E-state index in [1.807, 2.05) is 24.3 Å². The molecule has 0 radical (unpaired) electrons. The van der Waals surface area contributed by atoms with Gasteiger partial charge in [0.15, 0.2) is 0 Å². The van der Waals surface area contributed by atoms with E-state index in [2.05, 4.69) is 0 Å². The van der Waals surface area contributed by atoms with E-state index in [4.69, 9.17) is 11.6 Å². The first-order valence-corrected chi connectivity index (χ1v) is 7.73. The number of halogens is 1. The van der Waals surface area contributed by atoms with Crippen LogP contribution in [0.25, 0.3) is 0 Å². The van der Waals surface area contributed by atoms with E-state index >= 15 is 0 Å². The number of nitrogens with zero attached hydrogens (tertiary/aromatic N) is 1. The lowest BCUT2D eigenvalue weighted by Crippen LogP contribution is -2.36. The van der Waals surface area contributed by atoms with E-state index in [9.17, 15) is 9.90 Å². The number of carbonyl (C=O) groups is 1. The molecule has 1 aliphatic carbocycles. The van der Waals surface area contributed by atoms with Crippen molar-refractivity contribution >= 4 is 29.3 Å². The van der Waals surface area contributed by atoms with Gasteiger partial charge >= 0.3 is 0 Å². The van der Waals surface area contributed by atoms with Crippen molar-refractivity contribution in [3.8, 4) is 0 Å². The predicted octanol–water partition coefficient (Wildman–Crippen LogP) is 2.66. The van der Waals surface area contributed by atoms with Gasteiger partial charge in [-0.25, -0.2) is 0 Å². The minimum Gasteiger partial charge on any atom is -0.391 e. The fourth-order valence-electron chi connectivity index (χ4n) is 1.82. The summed E-state index contributed by atoms with van der Waals surface area (Å²) in [5.74, 6) is 0.758. The lowest BCUT2D eigenvalue weighted by atomic mass is 10.2. The fourth-order valence-corrected chi connectivity index (χ4v) is 3.00. The molecule has 1 aromatic rings. The van der Waals surface area contributed by atoms with Crippen molar-refractivity contribution < 1.29 is 9.90 Å². The smallest absolute Gasteiger partial charge is 0.232 e. The molecule has 1 N–H and O–H groups in total. The number of likely N-dealkylation sites (N-methyl/N-ethyl adjacent to an activating group) is 1. The van der Waals surface area contributed by atoms with Gasteiger partial charge in [-0.3, -0.25) is 4.79 Å². The second-order valence-electron chi connectivity index (χ2n) is 4.90. The van der Waals surface area contributed by atoms with Crippen LogP contribution in [0.5, 0.6) is 0 Å². The maximum absolute atomic E-state index is 12.0. The standard InChI is InChI=1S/C14H18ClNO2S/c1-16(8-12(17)10-6-7-10)14(18)9-19-13-5-3-2-4-11(13)15/h2-5,10,12,17H,6-9H2,1H3. The summed E-state index contributed by atoms with van der Waals surface area (Å²) in [6.45, 7) is 0.423. The topological polar surface area (TPSA) is 40.5 Å². The summed E-state index contributed by atoms with van der Waals surface area (Å²) in [5, 5.41) is 10.5. The van der Waals surface area contributed by atoms with E-state index in [-0.39, 0.29) is 12.0 Å². The van der Waals surface area contributed by atoms with Crippen LogP contribution in [0, 0.1) is 5.92 Å². The van der Waals surface area contributed by atoms with Crippen molar-refractivity contribution in [3.05, 3.63) is 29.3 Å². The number of carbonyl (C=O) groups excluding carboxylic acids is 1. The number of aliphatic hydroxyl groups excluding tert-OH is 1. The molecule has 1 aromatic carbocycles. The minimum atomic E-state index is -0.376. The first kappa shape index (κ1) is 14.7. The molecule has 1 fully saturated rings. The van der Waals surface area contributed by atoms with Gasteiger partial charge in [0.05, 0.1) is 16.9 Å². The predicted molar refractivity (Wildman–Crippen MR) is 78.5 cm³/mol. The van der Waals surface area contributed by atoms with Gasteiger partial charge in [-0.15, -0.1) is 11.8 Å². The number of aliphatic hydroxyl groups is 1. The monoisotopic (exact) mass is 299 g/mol. The van der Waals surface area contributed by atoms with E-state index in [1.54, 1.807) is 11.9 Å². The Morgan fingerprint density at radius 1 is 1.53 bits per heavy atom. The highest BCUT2D eigenvalue weighted by Gasteiger charge is 2.31. The number of benzene rings is 1. The number of hydrogen-bond acceptors (Lipinski definition) is 3. The van der Waals surface area contributed by atoms with E-state index in [0.717, 1.165) is 17.7 Å². The average Bonchev–Trinajstić information content (AvgIpc) is 3.21. The van der Waals surface area contributed by atoms with Crippen molar-refractivity contribution in [2.45, 2.75) is 23.8 Å². The molecule has 3 nitrogen and oxygen atoms in total. The molecule has 0 saturated heterocycles. The molecule has 104 valence electrons. The van der Waals surface area contributed by atoms with Gasteiger partial charge in [0.2, 0.25) is 5.91 Å². The quantitative estimate of drug-likeness (QED) is 0.821. The number of hydrogen-bond donors (Lipinski definition) is 1. The maximum Gasteiger partial charge on any atom is 0.232 e. The van der Waals surface area contributed by atoms with Crippen LogP contribution < -0.4 is 0 Å². The van der Waals surface area contributed by atoms with Crippen LogP contribution in [0.4, 0.5) is 0 Å². The highest BCUT2D eigenvalue weighted by atomic mass is 35.5. The normalized spacial score (nSPS) is 16.2. The Morgan fingerprint density at radius 2 is 2.21 bits per heavy atom. The molecule has 2 rings (SSSR count). The maximum atomic E-state index is 12.0. The van der Waals surface area contributed by atoms with Crippen molar-refractivity contribution in [2.75, 3.05) is 19.3 Å². The van der Waals surface area contributed by atoms with Crippen LogP contribution in [0.1, 0.15) is 12.8 Å². The van der Waals surface area contributed by atoms with Crippen LogP contribution in [-0.2, 0) is 4.79 Å². The van der Waals surface area contributed by atoms with Gasteiger partial charge in [-0.05, 0) is 30.9 Å². The Balaban J connectivity index is 1.78. The lowest BCUT2D eigenvalue weighted by molar-refractivity contribution is -0.128. The summed E-state index contributed by atoms with van der Waals surface area (Å²) in [6, 6.07) is 7.49. The summed E-state index contributed by atoms with van der Waals surface area (Å²) in [4.78, 5) is 14.5. The average molecular weight is 300 g/mol. The molecule has 1 amide bonds. The van der Waals surface area contributed by atoms with Gasteiger partial charge in [0.1, 0.15) is 0 Å². The van der Waals surface area contributed by atoms with Crippen LogP contribution in [0.15, 0.2) is 29.2 Å². The first-order chi connectivity index (χ1) is 9.08. The molecule has 5 heteroatoms. The summed E-state index contributed by atoms with van der Waals surface area (Å²) in [7, 11) is 1.74. The SMILES string of the molecule is CN(CC(O)C1CC1)C(=O)CSc1ccccc1Cl. The second-order valence-corrected chi connectivity index (χ2v) is 6.32. The molecule has 0 bridgehead atoms. The van der Waals surface area contributed by atoms with Gasteiger partial charge in [0.25, 0.3) is 0 Å². The summed E-state index contributed by atoms with van der Waals surface area (Å²) in [5.41, 5.74) is 0. The van der Waals surface area contributed by atoms with Crippen molar-refractivity contribution in [1.82, 2.24) is 4.90 Å². The van der Waals surface area contributed by atoms with Crippen LogP contribution in [0.3, 0.4) is 0 Å². The Bertz CT molecular complexity index is 451. The van der Waals surface area contributed by atoms with Gasteiger partial charge < -0.3 is 10.0 Å². The molecule has 0 aliphatic heterocycles. The first-order valence-electron chi connectivity index (χ1n) is 6.37. The lowest BCUT2D eigenvalue weighted by Gasteiger charge is -2.20. The zero-order valence-electron chi connectivity index (χ0n) is 10.9.